The van der Waals surface area contributed by atoms with Crippen LogP contribution in [0.3, 0.4) is 0 Å². The van der Waals surface area contributed by atoms with E-state index in [-0.39, 0.29) is 50.4 Å². The summed E-state index contributed by atoms with van der Waals surface area (Å²) in [6.45, 7) is 0.622. The number of halogens is 3. The van der Waals surface area contributed by atoms with Crippen LogP contribution in [0.4, 0.5) is 21.0 Å². The molecule has 0 aliphatic rings. The minimum Gasteiger partial charge on any atom is -0.436 e. The van der Waals surface area contributed by atoms with Gasteiger partial charge in [-0.3, -0.25) is 0 Å². The molecule has 0 fully saturated rings. The van der Waals surface area contributed by atoms with E-state index in [1.807, 2.05) is 24.3 Å². The third kappa shape index (κ3) is 13.1. The quantitative estimate of drug-likeness (QED) is 0.301. The maximum atomic E-state index is 12.2. The van der Waals surface area contributed by atoms with Gasteiger partial charge in [-0.15, -0.1) is 37.2 Å². The standard InChI is InChI=1S/C29H29N5O4.3ClH/c1-33(20-22-10-14-24(30)15-11-22)28(35)37-18-4-8-26-6-3-7-27(32-26)9-5-19-38-29(36)34(2)21-23-12-16-25(31)17-13-23;;;/h3,6-7,10-17H,18-21,30-31H2,1-2H3;3*1H. The molecule has 218 valence electrons. The number of pyridine rings is 1. The summed E-state index contributed by atoms with van der Waals surface area (Å²) in [5.74, 6) is 11.2. The first-order chi connectivity index (χ1) is 18.3. The van der Waals surface area contributed by atoms with Crippen molar-refractivity contribution in [1.29, 1.82) is 0 Å². The molecule has 41 heavy (non-hydrogen) atoms. The number of nitrogens with zero attached hydrogens (tertiary/aromatic N) is 3. The van der Waals surface area contributed by atoms with E-state index in [1.165, 1.54) is 9.80 Å². The first-order valence-corrected chi connectivity index (χ1v) is 11.7. The van der Waals surface area contributed by atoms with Crippen molar-refractivity contribution in [2.24, 2.45) is 0 Å². The van der Waals surface area contributed by atoms with Crippen LogP contribution in [-0.2, 0) is 22.6 Å². The zero-order valence-electron chi connectivity index (χ0n) is 22.5. The average Bonchev–Trinajstić information content (AvgIpc) is 2.91. The van der Waals surface area contributed by atoms with Crippen LogP contribution in [0, 0.1) is 23.7 Å². The van der Waals surface area contributed by atoms with E-state index in [0.29, 0.717) is 35.9 Å². The number of hydrogen-bond acceptors (Lipinski definition) is 7. The second-order valence-corrected chi connectivity index (χ2v) is 8.32. The molecule has 12 heteroatoms. The van der Waals surface area contributed by atoms with E-state index in [4.69, 9.17) is 20.9 Å². The highest BCUT2D eigenvalue weighted by atomic mass is 35.5. The summed E-state index contributed by atoms with van der Waals surface area (Å²) in [4.78, 5) is 31.5. The molecule has 3 rings (SSSR count). The molecule has 0 aliphatic heterocycles. The summed E-state index contributed by atoms with van der Waals surface area (Å²) in [5, 5.41) is 0. The molecule has 1 heterocycles. The Labute approximate surface area is 258 Å². The number of ether oxygens (including phenoxy) is 2. The topological polar surface area (TPSA) is 124 Å². The molecule has 2 aromatic carbocycles. The van der Waals surface area contributed by atoms with Gasteiger partial charge in [-0.1, -0.05) is 42.2 Å². The molecule has 0 saturated carbocycles. The number of amides is 2. The molecular weight excluding hydrogens is 589 g/mol. The Kier molecular flexibility index (Phi) is 16.9. The molecule has 4 N–H and O–H groups in total. The Morgan fingerprint density at radius 3 is 1.41 bits per heavy atom. The lowest BCUT2D eigenvalue weighted by molar-refractivity contribution is 0.120. The van der Waals surface area contributed by atoms with Crippen LogP contribution < -0.4 is 11.5 Å². The van der Waals surface area contributed by atoms with Gasteiger partial charge >= 0.3 is 12.2 Å². The van der Waals surface area contributed by atoms with E-state index in [0.717, 1.165) is 11.1 Å². The van der Waals surface area contributed by atoms with Crippen molar-refractivity contribution < 1.29 is 19.1 Å². The summed E-state index contributed by atoms with van der Waals surface area (Å²) in [7, 11) is 3.29. The highest BCUT2D eigenvalue weighted by Gasteiger charge is 2.10. The van der Waals surface area contributed by atoms with Crippen molar-refractivity contribution in [2.45, 2.75) is 13.1 Å². The van der Waals surface area contributed by atoms with Gasteiger partial charge in [-0.25, -0.2) is 14.6 Å². The number of aromatic nitrogens is 1. The van der Waals surface area contributed by atoms with Crippen molar-refractivity contribution in [3.8, 4) is 23.7 Å². The molecule has 2 amide bonds. The third-order valence-corrected chi connectivity index (χ3v) is 5.14. The number of nitrogen functional groups attached to an aromatic ring is 2. The summed E-state index contributed by atoms with van der Waals surface area (Å²) in [5.41, 5.74) is 15.5. The SMILES string of the molecule is CN(Cc1ccc(N)cc1)C(=O)OCC#Cc1cccc(C#CCOC(=O)N(C)Cc2ccc(N)cc2)n1.Cl.Cl.Cl. The monoisotopic (exact) mass is 619 g/mol. The Balaban J connectivity index is 0.00000533. The Morgan fingerprint density at radius 2 is 1.05 bits per heavy atom. The molecule has 9 nitrogen and oxygen atoms in total. The Morgan fingerprint density at radius 1 is 0.683 bits per heavy atom. The second kappa shape index (κ2) is 18.9. The van der Waals surface area contributed by atoms with Gasteiger partial charge in [0.2, 0.25) is 0 Å². The van der Waals surface area contributed by atoms with Crippen molar-refractivity contribution in [1.82, 2.24) is 14.8 Å². The van der Waals surface area contributed by atoms with Gasteiger partial charge in [0.25, 0.3) is 0 Å². The van der Waals surface area contributed by atoms with Gasteiger partial charge in [-0.05, 0) is 59.4 Å². The van der Waals surface area contributed by atoms with Crippen LogP contribution in [0.2, 0.25) is 0 Å². The first-order valence-electron chi connectivity index (χ1n) is 11.7. The number of benzene rings is 2. The van der Waals surface area contributed by atoms with Gasteiger partial charge in [0, 0.05) is 38.6 Å². The number of anilines is 2. The molecule has 0 spiro atoms. The number of hydrogen-bond donors (Lipinski definition) is 2. The lowest BCUT2D eigenvalue weighted by Crippen LogP contribution is -2.27. The largest absolute Gasteiger partial charge is 0.436 e. The highest BCUT2D eigenvalue weighted by molar-refractivity contribution is 5.86. The van der Waals surface area contributed by atoms with Gasteiger partial charge in [-0.2, -0.15) is 0 Å². The van der Waals surface area contributed by atoms with Crippen LogP contribution in [0.15, 0.2) is 66.7 Å². The minimum absolute atomic E-state index is 0. The van der Waals surface area contributed by atoms with E-state index in [2.05, 4.69) is 28.7 Å². The second-order valence-electron chi connectivity index (χ2n) is 8.32. The first kappa shape index (κ1) is 36.7. The van der Waals surface area contributed by atoms with Crippen LogP contribution in [0.1, 0.15) is 22.5 Å². The van der Waals surface area contributed by atoms with E-state index in [9.17, 15) is 9.59 Å². The third-order valence-electron chi connectivity index (χ3n) is 5.14. The number of carbonyl (C=O) groups is 2. The molecule has 0 radical (unpaired) electrons. The van der Waals surface area contributed by atoms with E-state index >= 15 is 0 Å². The normalized spacial score (nSPS) is 9.02. The predicted molar refractivity (Wildman–Crippen MR) is 167 cm³/mol. The summed E-state index contributed by atoms with van der Waals surface area (Å²) in [6, 6.07) is 19.7. The lowest BCUT2D eigenvalue weighted by Gasteiger charge is -2.16. The van der Waals surface area contributed by atoms with Gasteiger partial charge in [0.15, 0.2) is 13.2 Å². The fourth-order valence-corrected chi connectivity index (χ4v) is 3.17. The fraction of sp³-hybridized carbons (Fsp3) is 0.207. The van der Waals surface area contributed by atoms with Gasteiger partial charge in [0.05, 0.1) is 0 Å². The maximum Gasteiger partial charge on any atom is 0.410 e. The highest BCUT2D eigenvalue weighted by Crippen LogP contribution is 2.09. The average molecular weight is 621 g/mol. The number of nitrogens with two attached hydrogens (primary N) is 2. The fourth-order valence-electron chi connectivity index (χ4n) is 3.17. The number of carbonyl (C=O) groups excluding carboxylic acids is 2. The zero-order valence-corrected chi connectivity index (χ0v) is 25.0. The van der Waals surface area contributed by atoms with Crippen molar-refractivity contribution in [3.05, 3.63) is 89.2 Å². The van der Waals surface area contributed by atoms with Crippen molar-refractivity contribution >= 4 is 60.8 Å². The molecule has 3 aromatic rings. The van der Waals surface area contributed by atoms with Crippen LogP contribution in [-0.4, -0.2) is 54.3 Å². The lowest BCUT2D eigenvalue weighted by atomic mass is 10.2. The predicted octanol–water partition coefficient (Wildman–Crippen LogP) is 4.75. The smallest absolute Gasteiger partial charge is 0.410 e. The van der Waals surface area contributed by atoms with Crippen molar-refractivity contribution in [2.75, 3.05) is 38.8 Å². The summed E-state index contributed by atoms with van der Waals surface area (Å²) >= 11 is 0. The summed E-state index contributed by atoms with van der Waals surface area (Å²) < 4.78 is 10.4. The molecular formula is C29H32Cl3N5O4. The van der Waals surface area contributed by atoms with Gasteiger partial charge < -0.3 is 30.7 Å². The molecule has 0 saturated heterocycles. The van der Waals surface area contributed by atoms with Crippen molar-refractivity contribution in [3.63, 3.8) is 0 Å². The van der Waals surface area contributed by atoms with Crippen LogP contribution >= 0.6 is 37.2 Å². The number of rotatable bonds is 6. The Hall–Kier alpha value is -4.28. The molecule has 0 bridgehead atoms. The molecule has 1 aromatic heterocycles. The Bertz CT molecular complexity index is 1280. The maximum absolute atomic E-state index is 12.2. The zero-order chi connectivity index (χ0) is 27.3. The molecule has 0 aliphatic carbocycles. The summed E-state index contributed by atoms with van der Waals surface area (Å²) in [6.07, 6.45) is -0.977. The molecule has 0 atom stereocenters. The minimum atomic E-state index is -0.489. The van der Waals surface area contributed by atoms with Crippen LogP contribution in [0.5, 0.6) is 0 Å². The van der Waals surface area contributed by atoms with Crippen LogP contribution in [0.25, 0.3) is 0 Å². The van der Waals surface area contributed by atoms with E-state index < -0.39 is 12.2 Å². The molecule has 0 unspecified atom stereocenters. The van der Waals surface area contributed by atoms with Gasteiger partial charge in [0.1, 0.15) is 11.4 Å². The van der Waals surface area contributed by atoms with E-state index in [1.54, 1.807) is 56.6 Å².